The molecular formula is C25H23N5O3S. The van der Waals surface area contributed by atoms with E-state index in [1.54, 1.807) is 20.3 Å². The van der Waals surface area contributed by atoms with Gasteiger partial charge in [0.15, 0.2) is 5.82 Å². The molecule has 5 rings (SSSR count). The van der Waals surface area contributed by atoms with Crippen molar-refractivity contribution in [2.45, 2.75) is 16.4 Å². The Kier molecular flexibility index (Phi) is 6.09. The van der Waals surface area contributed by atoms with Gasteiger partial charge in [-0.05, 0) is 29.8 Å². The van der Waals surface area contributed by atoms with Crippen LogP contribution in [0, 0.1) is 0 Å². The number of carbonyl (C=O) groups excluding carboxylic acids is 1. The topological polar surface area (TPSA) is 90.3 Å². The van der Waals surface area contributed by atoms with Gasteiger partial charge in [-0.1, -0.05) is 60.3 Å². The summed E-state index contributed by atoms with van der Waals surface area (Å²) in [5.74, 6) is 1.96. The minimum absolute atomic E-state index is 0.151. The maximum Gasteiger partial charge on any atom is 0.240 e. The van der Waals surface area contributed by atoms with Gasteiger partial charge in [0.1, 0.15) is 16.7 Å². The Labute approximate surface area is 201 Å². The second-order valence-corrected chi connectivity index (χ2v) is 8.76. The molecule has 3 aromatic carbocycles. The fraction of sp³-hybridized carbons (Fsp3) is 0.160. The summed E-state index contributed by atoms with van der Waals surface area (Å²) in [7, 11) is 3.22. The quantitative estimate of drug-likeness (QED) is 0.430. The summed E-state index contributed by atoms with van der Waals surface area (Å²) in [4.78, 5) is 13.5. The molecule has 0 spiro atoms. The minimum Gasteiger partial charge on any atom is -0.497 e. The summed E-state index contributed by atoms with van der Waals surface area (Å²) in [6, 6.07) is 24.5. The average molecular weight is 474 g/mol. The number of methoxy groups -OCH3 is 2. The van der Waals surface area contributed by atoms with E-state index in [0.717, 1.165) is 16.9 Å². The number of rotatable bonds is 6. The molecule has 2 heterocycles. The highest BCUT2D eigenvalue weighted by molar-refractivity contribution is 8.00. The zero-order chi connectivity index (χ0) is 23.5. The summed E-state index contributed by atoms with van der Waals surface area (Å²) < 4.78 is 12.4. The molecule has 1 amide bonds. The average Bonchev–Trinajstić information content (AvgIpc) is 3.31. The third kappa shape index (κ3) is 4.29. The zero-order valence-corrected chi connectivity index (χ0v) is 19.5. The Morgan fingerprint density at radius 1 is 0.941 bits per heavy atom. The SMILES string of the molecule is COc1ccc([C@@H]2Nn3c(nnc3-c3ccccc3)S[C@@H]2C(=O)Nc2cccc(OC)c2)cc1. The Balaban J connectivity index is 1.50. The van der Waals surface area contributed by atoms with Crippen LogP contribution in [0.25, 0.3) is 11.4 Å². The Morgan fingerprint density at radius 3 is 2.44 bits per heavy atom. The van der Waals surface area contributed by atoms with Crippen LogP contribution in [0.5, 0.6) is 11.5 Å². The monoisotopic (exact) mass is 473 g/mol. The van der Waals surface area contributed by atoms with Crippen molar-refractivity contribution in [3.63, 3.8) is 0 Å². The van der Waals surface area contributed by atoms with Gasteiger partial charge in [-0.25, -0.2) is 4.68 Å². The van der Waals surface area contributed by atoms with Crippen molar-refractivity contribution < 1.29 is 14.3 Å². The summed E-state index contributed by atoms with van der Waals surface area (Å²) in [5.41, 5.74) is 6.02. The molecule has 2 N–H and O–H groups in total. The molecule has 0 fully saturated rings. The normalized spacial score (nSPS) is 16.8. The van der Waals surface area contributed by atoms with Crippen molar-refractivity contribution in [2.24, 2.45) is 0 Å². The van der Waals surface area contributed by atoms with Gasteiger partial charge in [-0.3, -0.25) is 4.79 Å². The molecule has 172 valence electrons. The van der Waals surface area contributed by atoms with Crippen molar-refractivity contribution >= 4 is 23.4 Å². The van der Waals surface area contributed by atoms with Crippen LogP contribution in [0.1, 0.15) is 11.6 Å². The van der Waals surface area contributed by atoms with E-state index in [1.165, 1.54) is 11.8 Å². The number of amides is 1. The van der Waals surface area contributed by atoms with Crippen LogP contribution in [0.15, 0.2) is 84.0 Å². The smallest absolute Gasteiger partial charge is 0.240 e. The van der Waals surface area contributed by atoms with E-state index in [9.17, 15) is 4.79 Å². The van der Waals surface area contributed by atoms with Crippen molar-refractivity contribution in [1.82, 2.24) is 14.9 Å². The number of carbonyl (C=O) groups is 1. The standard InChI is InChI=1S/C25H23N5O3S/c1-32-19-13-11-16(12-14-19)21-22(24(31)26-18-9-6-10-20(15-18)33-2)34-25-28-27-23(30(25)29-21)17-7-4-3-5-8-17/h3-15,21-22,29H,1-2H3,(H,26,31)/t21-,22-/m0/s1. The van der Waals surface area contributed by atoms with Gasteiger partial charge in [0.25, 0.3) is 0 Å². The van der Waals surface area contributed by atoms with Crippen LogP contribution in [0.2, 0.25) is 0 Å². The third-order valence-corrected chi connectivity index (χ3v) is 6.75. The minimum atomic E-state index is -0.500. The highest BCUT2D eigenvalue weighted by atomic mass is 32.2. The van der Waals surface area contributed by atoms with E-state index in [-0.39, 0.29) is 11.9 Å². The molecule has 8 nitrogen and oxygen atoms in total. The number of anilines is 1. The first-order chi connectivity index (χ1) is 16.7. The van der Waals surface area contributed by atoms with Gasteiger partial charge in [0.05, 0.1) is 20.3 Å². The molecule has 1 aromatic heterocycles. The van der Waals surface area contributed by atoms with E-state index >= 15 is 0 Å². The lowest BCUT2D eigenvalue weighted by Gasteiger charge is -2.33. The fourth-order valence-electron chi connectivity index (χ4n) is 3.80. The molecule has 1 aliphatic rings. The molecule has 0 saturated heterocycles. The molecular weight excluding hydrogens is 450 g/mol. The van der Waals surface area contributed by atoms with Crippen LogP contribution in [0.3, 0.4) is 0 Å². The van der Waals surface area contributed by atoms with Gasteiger partial charge in [0, 0.05) is 17.3 Å². The first-order valence-corrected chi connectivity index (χ1v) is 11.6. The fourth-order valence-corrected chi connectivity index (χ4v) is 4.88. The Morgan fingerprint density at radius 2 is 1.71 bits per heavy atom. The number of thioether (sulfide) groups is 1. The second-order valence-electron chi connectivity index (χ2n) is 7.65. The van der Waals surface area contributed by atoms with E-state index < -0.39 is 5.25 Å². The molecule has 1 aliphatic heterocycles. The number of benzene rings is 3. The lowest BCUT2D eigenvalue weighted by Crippen LogP contribution is -2.41. The largest absolute Gasteiger partial charge is 0.497 e. The summed E-state index contributed by atoms with van der Waals surface area (Å²) in [6.07, 6.45) is 0. The summed E-state index contributed by atoms with van der Waals surface area (Å²) >= 11 is 1.38. The highest BCUT2D eigenvalue weighted by Crippen LogP contribution is 2.39. The molecule has 0 aliphatic carbocycles. The molecule has 2 atom stereocenters. The van der Waals surface area contributed by atoms with E-state index in [0.29, 0.717) is 22.4 Å². The first kappa shape index (κ1) is 21.8. The van der Waals surface area contributed by atoms with Crippen molar-refractivity contribution in [3.8, 4) is 22.9 Å². The molecule has 0 radical (unpaired) electrons. The third-order valence-electron chi connectivity index (χ3n) is 5.54. The van der Waals surface area contributed by atoms with Crippen molar-refractivity contribution in [1.29, 1.82) is 0 Å². The van der Waals surface area contributed by atoms with Gasteiger partial charge in [0.2, 0.25) is 11.1 Å². The maximum absolute atomic E-state index is 13.5. The Hall–Kier alpha value is -3.98. The zero-order valence-electron chi connectivity index (χ0n) is 18.6. The number of ether oxygens (including phenoxy) is 2. The van der Waals surface area contributed by atoms with Crippen LogP contribution in [-0.4, -0.2) is 40.3 Å². The number of nitrogens with one attached hydrogen (secondary N) is 2. The lowest BCUT2D eigenvalue weighted by molar-refractivity contribution is -0.116. The number of hydrogen-bond donors (Lipinski definition) is 2. The predicted molar refractivity (Wildman–Crippen MR) is 132 cm³/mol. The van der Waals surface area contributed by atoms with Crippen molar-refractivity contribution in [3.05, 3.63) is 84.4 Å². The van der Waals surface area contributed by atoms with E-state index in [1.807, 2.05) is 77.5 Å². The van der Waals surface area contributed by atoms with Gasteiger partial charge in [-0.15, -0.1) is 10.2 Å². The predicted octanol–water partition coefficient (Wildman–Crippen LogP) is 4.36. The van der Waals surface area contributed by atoms with Crippen LogP contribution in [-0.2, 0) is 4.79 Å². The summed E-state index contributed by atoms with van der Waals surface area (Å²) in [5, 5.41) is 11.9. The maximum atomic E-state index is 13.5. The molecule has 4 aromatic rings. The van der Waals surface area contributed by atoms with Crippen LogP contribution >= 0.6 is 11.8 Å². The number of hydrogen-bond acceptors (Lipinski definition) is 7. The van der Waals surface area contributed by atoms with Gasteiger partial charge < -0.3 is 20.2 Å². The molecule has 0 unspecified atom stereocenters. The molecule has 0 saturated carbocycles. The van der Waals surface area contributed by atoms with Gasteiger partial charge >= 0.3 is 0 Å². The highest BCUT2D eigenvalue weighted by Gasteiger charge is 2.38. The van der Waals surface area contributed by atoms with Gasteiger partial charge in [-0.2, -0.15) is 0 Å². The Bertz CT molecular complexity index is 1290. The molecule has 9 heteroatoms. The molecule has 34 heavy (non-hydrogen) atoms. The number of fused-ring (bicyclic) bond motifs is 1. The van der Waals surface area contributed by atoms with E-state index in [2.05, 4.69) is 20.9 Å². The molecule has 0 bridgehead atoms. The number of nitrogens with zero attached hydrogens (tertiary/aromatic N) is 3. The van der Waals surface area contributed by atoms with E-state index in [4.69, 9.17) is 9.47 Å². The number of aromatic nitrogens is 3. The lowest BCUT2D eigenvalue weighted by atomic mass is 10.0. The first-order valence-electron chi connectivity index (χ1n) is 10.7. The van der Waals surface area contributed by atoms with Crippen LogP contribution in [0.4, 0.5) is 5.69 Å². The van der Waals surface area contributed by atoms with Crippen LogP contribution < -0.4 is 20.2 Å². The second kappa shape index (κ2) is 9.48. The van der Waals surface area contributed by atoms with Crippen molar-refractivity contribution in [2.75, 3.05) is 25.0 Å². The summed E-state index contributed by atoms with van der Waals surface area (Å²) in [6.45, 7) is 0.